The van der Waals surface area contributed by atoms with Crippen molar-refractivity contribution in [3.05, 3.63) is 76.6 Å². The highest BCUT2D eigenvalue weighted by Crippen LogP contribution is 2.35. The number of halogens is 1. The number of hydrogen-bond acceptors (Lipinski definition) is 2. The molecule has 23 heavy (non-hydrogen) atoms. The number of fused-ring (bicyclic) bond motifs is 1. The van der Waals surface area contributed by atoms with Gasteiger partial charge in [0.25, 0.3) is 0 Å². The molecular weight excluding hydrogens is 291 g/mol. The topological polar surface area (TPSA) is 26.3 Å². The van der Waals surface area contributed by atoms with Crippen LogP contribution in [0.25, 0.3) is 10.8 Å². The number of carbonyl (C=O) groups excluding carboxylic acids is 1. The third-order valence-electron chi connectivity index (χ3n) is 4.18. The Balaban J connectivity index is 2.05. The van der Waals surface area contributed by atoms with Gasteiger partial charge in [-0.3, -0.25) is 4.79 Å². The fraction of sp³-hybridized carbons (Fsp3) is 0.150. The fourth-order valence-corrected chi connectivity index (χ4v) is 2.77. The zero-order valence-electron chi connectivity index (χ0n) is 13.1. The van der Waals surface area contributed by atoms with Gasteiger partial charge in [0.05, 0.1) is 0 Å². The lowest BCUT2D eigenvalue weighted by Gasteiger charge is -2.17. The maximum Gasteiger partial charge on any atom is 0.150 e. The zero-order valence-corrected chi connectivity index (χ0v) is 13.1. The minimum Gasteiger partial charge on any atom is -0.488 e. The zero-order chi connectivity index (χ0) is 16.4. The molecule has 0 radical (unpaired) electrons. The highest BCUT2D eigenvalue weighted by Gasteiger charge is 2.14. The largest absolute Gasteiger partial charge is 0.488 e. The molecule has 0 aliphatic rings. The Morgan fingerprint density at radius 3 is 2.26 bits per heavy atom. The highest BCUT2D eigenvalue weighted by molar-refractivity contribution is 6.03. The second kappa shape index (κ2) is 6.21. The van der Waals surface area contributed by atoms with Crippen molar-refractivity contribution in [2.75, 3.05) is 0 Å². The standard InChI is InChI=1S/C20H17FO2/c1-13-14(2)20(23-12-15-7-9-16(21)10-8-15)18-6-4-3-5-17(18)19(13)11-22/h3-11H,12H2,1-2H3. The maximum atomic E-state index is 13.0. The normalized spacial score (nSPS) is 10.7. The molecule has 0 atom stereocenters. The Bertz CT molecular complexity index is 867. The monoisotopic (exact) mass is 308 g/mol. The Morgan fingerprint density at radius 1 is 0.957 bits per heavy atom. The number of ether oxygens (including phenoxy) is 1. The predicted molar refractivity (Wildman–Crippen MR) is 89.5 cm³/mol. The summed E-state index contributed by atoms with van der Waals surface area (Å²) >= 11 is 0. The molecule has 0 fully saturated rings. The van der Waals surface area contributed by atoms with E-state index in [1.807, 2.05) is 38.1 Å². The number of benzene rings is 3. The van der Waals surface area contributed by atoms with E-state index in [4.69, 9.17) is 4.74 Å². The van der Waals surface area contributed by atoms with Crippen LogP contribution in [0.1, 0.15) is 27.0 Å². The van der Waals surface area contributed by atoms with E-state index in [-0.39, 0.29) is 5.82 Å². The van der Waals surface area contributed by atoms with Crippen LogP contribution in [0.4, 0.5) is 4.39 Å². The van der Waals surface area contributed by atoms with E-state index in [9.17, 15) is 9.18 Å². The van der Waals surface area contributed by atoms with Crippen LogP contribution < -0.4 is 4.74 Å². The number of carbonyl (C=O) groups is 1. The molecule has 0 unspecified atom stereocenters. The van der Waals surface area contributed by atoms with E-state index < -0.39 is 0 Å². The van der Waals surface area contributed by atoms with Crippen molar-refractivity contribution < 1.29 is 13.9 Å². The van der Waals surface area contributed by atoms with Gasteiger partial charge in [-0.05, 0) is 48.1 Å². The van der Waals surface area contributed by atoms with Gasteiger partial charge in [-0.15, -0.1) is 0 Å². The van der Waals surface area contributed by atoms with Crippen molar-refractivity contribution in [1.82, 2.24) is 0 Å². The van der Waals surface area contributed by atoms with E-state index in [0.717, 1.165) is 39.5 Å². The van der Waals surface area contributed by atoms with Crippen LogP contribution in [0.5, 0.6) is 5.75 Å². The lowest BCUT2D eigenvalue weighted by atomic mass is 9.95. The molecule has 116 valence electrons. The van der Waals surface area contributed by atoms with E-state index in [0.29, 0.717) is 12.2 Å². The van der Waals surface area contributed by atoms with Crippen LogP contribution in [0.3, 0.4) is 0 Å². The third kappa shape index (κ3) is 2.82. The molecular formula is C20H17FO2. The van der Waals surface area contributed by atoms with Crippen molar-refractivity contribution in [2.45, 2.75) is 20.5 Å². The molecule has 3 aromatic carbocycles. The van der Waals surface area contributed by atoms with Crippen LogP contribution in [0.15, 0.2) is 48.5 Å². The first kappa shape index (κ1) is 15.2. The summed E-state index contributed by atoms with van der Waals surface area (Å²) in [5.74, 6) is 0.509. The van der Waals surface area contributed by atoms with Gasteiger partial charge in [-0.1, -0.05) is 36.4 Å². The summed E-state index contributed by atoms with van der Waals surface area (Å²) in [6, 6.07) is 14.0. The van der Waals surface area contributed by atoms with E-state index in [2.05, 4.69) is 0 Å². The lowest BCUT2D eigenvalue weighted by Crippen LogP contribution is -2.02. The van der Waals surface area contributed by atoms with Crippen molar-refractivity contribution in [2.24, 2.45) is 0 Å². The molecule has 0 aliphatic heterocycles. The second-order valence-corrected chi connectivity index (χ2v) is 5.57. The van der Waals surface area contributed by atoms with Crippen LogP contribution in [-0.4, -0.2) is 6.29 Å². The first-order valence-corrected chi connectivity index (χ1v) is 7.46. The highest BCUT2D eigenvalue weighted by atomic mass is 19.1. The summed E-state index contributed by atoms with van der Waals surface area (Å²) < 4.78 is 19.0. The van der Waals surface area contributed by atoms with Crippen LogP contribution in [-0.2, 0) is 6.61 Å². The first-order chi connectivity index (χ1) is 11.1. The Labute approximate surface area is 134 Å². The number of rotatable bonds is 4. The molecule has 0 heterocycles. The summed E-state index contributed by atoms with van der Waals surface area (Å²) in [5.41, 5.74) is 3.47. The number of aldehydes is 1. The molecule has 0 bridgehead atoms. The summed E-state index contributed by atoms with van der Waals surface area (Å²) in [4.78, 5) is 11.4. The minimum absolute atomic E-state index is 0.262. The summed E-state index contributed by atoms with van der Waals surface area (Å²) in [6.45, 7) is 4.23. The summed E-state index contributed by atoms with van der Waals surface area (Å²) in [6.07, 6.45) is 0.897. The molecule has 3 aromatic rings. The average Bonchev–Trinajstić information content (AvgIpc) is 2.57. The molecule has 0 aromatic heterocycles. The molecule has 0 saturated heterocycles. The Morgan fingerprint density at radius 2 is 1.61 bits per heavy atom. The predicted octanol–water partition coefficient (Wildman–Crippen LogP) is 4.99. The van der Waals surface area contributed by atoms with Gasteiger partial charge in [0, 0.05) is 10.9 Å². The Hall–Kier alpha value is -2.68. The SMILES string of the molecule is Cc1c(C)c(OCc2ccc(F)cc2)c2ccccc2c1C=O. The smallest absolute Gasteiger partial charge is 0.150 e. The van der Waals surface area contributed by atoms with Crippen molar-refractivity contribution >= 4 is 17.1 Å². The van der Waals surface area contributed by atoms with Crippen molar-refractivity contribution in [3.63, 3.8) is 0 Å². The molecule has 2 nitrogen and oxygen atoms in total. The lowest BCUT2D eigenvalue weighted by molar-refractivity contribution is 0.112. The van der Waals surface area contributed by atoms with Crippen LogP contribution in [0.2, 0.25) is 0 Å². The van der Waals surface area contributed by atoms with E-state index >= 15 is 0 Å². The first-order valence-electron chi connectivity index (χ1n) is 7.46. The average molecular weight is 308 g/mol. The van der Waals surface area contributed by atoms with Crippen molar-refractivity contribution in [1.29, 1.82) is 0 Å². The van der Waals surface area contributed by atoms with Crippen LogP contribution >= 0.6 is 0 Å². The van der Waals surface area contributed by atoms with E-state index in [1.54, 1.807) is 12.1 Å². The Kier molecular flexibility index (Phi) is 4.11. The second-order valence-electron chi connectivity index (χ2n) is 5.57. The summed E-state index contributed by atoms with van der Waals surface area (Å²) in [5, 5.41) is 1.81. The van der Waals surface area contributed by atoms with Gasteiger partial charge in [-0.25, -0.2) is 4.39 Å². The minimum atomic E-state index is -0.262. The quantitative estimate of drug-likeness (QED) is 0.635. The van der Waals surface area contributed by atoms with Gasteiger partial charge in [0.1, 0.15) is 18.2 Å². The molecule has 3 heteroatoms. The van der Waals surface area contributed by atoms with E-state index in [1.165, 1.54) is 12.1 Å². The van der Waals surface area contributed by atoms with Crippen LogP contribution in [0, 0.1) is 19.7 Å². The molecule has 3 rings (SSSR count). The van der Waals surface area contributed by atoms with Gasteiger partial charge in [-0.2, -0.15) is 0 Å². The molecule has 0 amide bonds. The molecule has 0 aliphatic carbocycles. The summed E-state index contributed by atoms with van der Waals surface area (Å²) in [7, 11) is 0. The van der Waals surface area contributed by atoms with Crippen molar-refractivity contribution in [3.8, 4) is 5.75 Å². The third-order valence-corrected chi connectivity index (χ3v) is 4.18. The van der Waals surface area contributed by atoms with Gasteiger partial charge < -0.3 is 4.74 Å². The van der Waals surface area contributed by atoms with Gasteiger partial charge >= 0.3 is 0 Å². The molecule has 0 N–H and O–H groups in total. The molecule has 0 saturated carbocycles. The maximum absolute atomic E-state index is 13.0. The fourth-order valence-electron chi connectivity index (χ4n) is 2.77. The number of hydrogen-bond donors (Lipinski definition) is 0. The van der Waals surface area contributed by atoms with Gasteiger partial charge in [0.15, 0.2) is 6.29 Å². The van der Waals surface area contributed by atoms with Gasteiger partial charge in [0.2, 0.25) is 0 Å². The molecule has 0 spiro atoms.